The fraction of sp³-hybridized carbons (Fsp3) is 0.500. The van der Waals surface area contributed by atoms with Crippen molar-refractivity contribution in [2.45, 2.75) is 27.7 Å². The van der Waals surface area contributed by atoms with Crippen LogP contribution in [-0.4, -0.2) is 19.4 Å². The van der Waals surface area contributed by atoms with Crippen molar-refractivity contribution >= 4 is 5.78 Å². The van der Waals surface area contributed by atoms with Crippen LogP contribution in [0.25, 0.3) is 0 Å². The van der Waals surface area contributed by atoms with Gasteiger partial charge in [-0.3, -0.25) is 4.79 Å². The zero-order chi connectivity index (χ0) is 13.2. The number of hydrogen-bond acceptors (Lipinski definition) is 3. The molecule has 0 aromatic heterocycles. The molecule has 0 aliphatic carbocycles. The van der Waals surface area contributed by atoms with E-state index in [1.54, 1.807) is 7.11 Å². The lowest BCUT2D eigenvalue weighted by molar-refractivity contribution is 0.0844. The maximum Gasteiger partial charge on any atom is 0.173 e. The SMILES string of the molecule is COc1c(C(=O)C(C)(C)CN)ccc(C)c1C. The highest BCUT2D eigenvalue weighted by molar-refractivity contribution is 6.03. The van der Waals surface area contributed by atoms with Gasteiger partial charge in [0.25, 0.3) is 0 Å². The normalized spacial score (nSPS) is 11.4. The van der Waals surface area contributed by atoms with Crippen LogP contribution >= 0.6 is 0 Å². The first-order valence-corrected chi connectivity index (χ1v) is 5.74. The van der Waals surface area contributed by atoms with Gasteiger partial charge in [0.15, 0.2) is 5.78 Å². The summed E-state index contributed by atoms with van der Waals surface area (Å²) in [7, 11) is 1.59. The summed E-state index contributed by atoms with van der Waals surface area (Å²) in [5.41, 5.74) is 7.82. The zero-order valence-electron chi connectivity index (χ0n) is 11.3. The number of rotatable bonds is 4. The van der Waals surface area contributed by atoms with Crippen molar-refractivity contribution in [3.8, 4) is 5.75 Å². The number of ketones is 1. The molecule has 0 aliphatic heterocycles. The predicted octanol–water partition coefficient (Wildman–Crippen LogP) is 2.48. The van der Waals surface area contributed by atoms with E-state index in [0.717, 1.165) is 11.1 Å². The van der Waals surface area contributed by atoms with Crippen molar-refractivity contribution in [3.63, 3.8) is 0 Å². The van der Waals surface area contributed by atoms with Gasteiger partial charge in [0.2, 0.25) is 0 Å². The monoisotopic (exact) mass is 235 g/mol. The van der Waals surface area contributed by atoms with Gasteiger partial charge in [-0.25, -0.2) is 0 Å². The molecule has 0 atom stereocenters. The Morgan fingerprint density at radius 2 is 1.94 bits per heavy atom. The molecule has 3 nitrogen and oxygen atoms in total. The summed E-state index contributed by atoms with van der Waals surface area (Å²) in [4.78, 5) is 12.4. The number of hydrogen-bond donors (Lipinski definition) is 1. The molecule has 3 heteroatoms. The Kier molecular flexibility index (Phi) is 3.94. The van der Waals surface area contributed by atoms with Crippen molar-refractivity contribution in [2.24, 2.45) is 11.1 Å². The Labute approximate surface area is 103 Å². The second-order valence-electron chi connectivity index (χ2n) is 5.01. The Hall–Kier alpha value is -1.35. The van der Waals surface area contributed by atoms with Crippen LogP contribution in [-0.2, 0) is 0 Å². The predicted molar refractivity (Wildman–Crippen MR) is 69.6 cm³/mol. The average Bonchev–Trinajstić information content (AvgIpc) is 2.31. The highest BCUT2D eigenvalue weighted by atomic mass is 16.5. The van der Waals surface area contributed by atoms with Crippen molar-refractivity contribution < 1.29 is 9.53 Å². The van der Waals surface area contributed by atoms with Crippen LogP contribution in [0.1, 0.15) is 35.3 Å². The maximum atomic E-state index is 12.4. The van der Waals surface area contributed by atoms with E-state index in [2.05, 4.69) is 0 Å². The molecule has 94 valence electrons. The fourth-order valence-corrected chi connectivity index (χ4v) is 1.69. The number of benzene rings is 1. The lowest BCUT2D eigenvalue weighted by Crippen LogP contribution is -2.33. The third kappa shape index (κ3) is 2.50. The minimum atomic E-state index is -0.561. The quantitative estimate of drug-likeness (QED) is 0.816. The van der Waals surface area contributed by atoms with Crippen LogP contribution in [0, 0.1) is 19.3 Å². The second kappa shape index (κ2) is 4.88. The van der Waals surface area contributed by atoms with Crippen molar-refractivity contribution in [1.29, 1.82) is 0 Å². The highest BCUT2D eigenvalue weighted by Crippen LogP contribution is 2.31. The molecule has 0 aliphatic rings. The van der Waals surface area contributed by atoms with Crippen molar-refractivity contribution in [3.05, 3.63) is 28.8 Å². The molecule has 0 heterocycles. The molecular weight excluding hydrogens is 214 g/mol. The summed E-state index contributed by atoms with van der Waals surface area (Å²) in [6.07, 6.45) is 0. The average molecular weight is 235 g/mol. The molecule has 0 unspecified atom stereocenters. The molecule has 0 bridgehead atoms. The smallest absolute Gasteiger partial charge is 0.173 e. The summed E-state index contributed by atoms with van der Waals surface area (Å²) in [6.45, 7) is 7.98. The topological polar surface area (TPSA) is 52.3 Å². The first kappa shape index (κ1) is 13.7. The van der Waals surface area contributed by atoms with Gasteiger partial charge in [0.1, 0.15) is 5.75 Å². The summed E-state index contributed by atoms with van der Waals surface area (Å²) in [6, 6.07) is 3.76. The molecular formula is C14H21NO2. The fourth-order valence-electron chi connectivity index (χ4n) is 1.69. The second-order valence-corrected chi connectivity index (χ2v) is 5.01. The molecule has 17 heavy (non-hydrogen) atoms. The van der Waals surface area contributed by atoms with Crippen LogP contribution in [0.4, 0.5) is 0 Å². The van der Waals surface area contributed by atoms with E-state index in [9.17, 15) is 4.79 Å². The Balaban J connectivity index is 3.33. The van der Waals surface area contributed by atoms with Crippen molar-refractivity contribution in [1.82, 2.24) is 0 Å². The number of methoxy groups -OCH3 is 1. The molecule has 0 saturated carbocycles. The van der Waals surface area contributed by atoms with E-state index in [0.29, 0.717) is 17.9 Å². The van der Waals surface area contributed by atoms with Crippen LogP contribution in [0.2, 0.25) is 0 Å². The molecule has 1 aromatic rings. The number of carbonyl (C=O) groups is 1. The summed E-state index contributed by atoms with van der Waals surface area (Å²) >= 11 is 0. The standard InChI is InChI=1S/C14H21NO2/c1-9-6-7-11(12(17-5)10(9)2)13(16)14(3,4)8-15/h6-7H,8,15H2,1-5H3. The van der Waals surface area contributed by atoms with Gasteiger partial charge in [0, 0.05) is 12.0 Å². The van der Waals surface area contributed by atoms with Gasteiger partial charge >= 0.3 is 0 Å². The molecule has 0 fully saturated rings. The highest BCUT2D eigenvalue weighted by Gasteiger charge is 2.29. The molecule has 2 N–H and O–H groups in total. The molecule has 1 aromatic carbocycles. The van der Waals surface area contributed by atoms with E-state index in [-0.39, 0.29) is 5.78 Å². The third-order valence-electron chi connectivity index (χ3n) is 3.25. The molecule has 0 spiro atoms. The molecule has 0 radical (unpaired) electrons. The molecule has 0 amide bonds. The number of Topliss-reactive ketones (excluding diaryl/α,β-unsaturated/α-hetero) is 1. The first-order chi connectivity index (χ1) is 7.85. The Bertz CT molecular complexity index is 436. The van der Waals surface area contributed by atoms with Gasteiger partial charge in [-0.2, -0.15) is 0 Å². The van der Waals surface area contributed by atoms with Crippen LogP contribution in [0.5, 0.6) is 5.75 Å². The first-order valence-electron chi connectivity index (χ1n) is 5.74. The van der Waals surface area contributed by atoms with E-state index in [1.165, 1.54) is 0 Å². The molecule has 1 rings (SSSR count). The minimum Gasteiger partial charge on any atom is -0.496 e. The summed E-state index contributed by atoms with van der Waals surface area (Å²) < 4.78 is 5.36. The van der Waals surface area contributed by atoms with E-state index >= 15 is 0 Å². The molecule has 0 saturated heterocycles. The zero-order valence-corrected chi connectivity index (χ0v) is 11.3. The summed E-state index contributed by atoms with van der Waals surface area (Å²) in [5, 5.41) is 0. The largest absolute Gasteiger partial charge is 0.496 e. The van der Waals surface area contributed by atoms with Crippen molar-refractivity contribution in [2.75, 3.05) is 13.7 Å². The lowest BCUT2D eigenvalue weighted by Gasteiger charge is -2.23. The maximum absolute atomic E-state index is 12.4. The van der Waals surface area contributed by atoms with Gasteiger partial charge in [-0.15, -0.1) is 0 Å². The minimum absolute atomic E-state index is 0.0277. The van der Waals surface area contributed by atoms with Crippen LogP contribution in [0.3, 0.4) is 0 Å². The van der Waals surface area contributed by atoms with Gasteiger partial charge in [0.05, 0.1) is 12.7 Å². The van der Waals surface area contributed by atoms with Gasteiger partial charge < -0.3 is 10.5 Å². The Morgan fingerprint density at radius 1 is 1.35 bits per heavy atom. The number of carbonyl (C=O) groups excluding carboxylic acids is 1. The van der Waals surface area contributed by atoms with Gasteiger partial charge in [-0.05, 0) is 31.0 Å². The number of aryl methyl sites for hydroxylation is 1. The van der Waals surface area contributed by atoms with Gasteiger partial charge in [-0.1, -0.05) is 19.9 Å². The lowest BCUT2D eigenvalue weighted by atomic mass is 9.83. The van der Waals surface area contributed by atoms with E-state index < -0.39 is 5.41 Å². The Morgan fingerprint density at radius 3 is 2.41 bits per heavy atom. The summed E-state index contributed by atoms with van der Waals surface area (Å²) in [5.74, 6) is 0.691. The van der Waals surface area contributed by atoms with Crippen LogP contribution < -0.4 is 10.5 Å². The van der Waals surface area contributed by atoms with E-state index in [4.69, 9.17) is 10.5 Å². The number of ether oxygens (including phenoxy) is 1. The van der Waals surface area contributed by atoms with Crippen LogP contribution in [0.15, 0.2) is 12.1 Å². The third-order valence-corrected chi connectivity index (χ3v) is 3.25. The number of nitrogens with two attached hydrogens (primary N) is 1. The van der Waals surface area contributed by atoms with E-state index in [1.807, 2.05) is 39.8 Å².